The van der Waals surface area contributed by atoms with Gasteiger partial charge in [0.25, 0.3) is 0 Å². The number of hydrogen-bond donors (Lipinski definition) is 1. The smallest absolute Gasteiger partial charge is 0.335 e. The lowest BCUT2D eigenvalue weighted by Gasteiger charge is -2.42. The fraction of sp³-hybridized carbons (Fsp3) is 0.516. The van der Waals surface area contributed by atoms with Crippen molar-refractivity contribution in [3.63, 3.8) is 0 Å². The van der Waals surface area contributed by atoms with Gasteiger partial charge >= 0.3 is 5.97 Å². The maximum Gasteiger partial charge on any atom is 0.335 e. The lowest BCUT2D eigenvalue weighted by molar-refractivity contribution is 0.0697. The second-order valence-corrected chi connectivity index (χ2v) is 11.2. The predicted octanol–water partition coefficient (Wildman–Crippen LogP) is 8.81. The Balaban J connectivity index is 2.02. The Morgan fingerprint density at radius 2 is 1.48 bits per heavy atom. The summed E-state index contributed by atoms with van der Waals surface area (Å²) >= 11 is 0. The van der Waals surface area contributed by atoms with Crippen LogP contribution in [-0.2, 0) is 17.3 Å². The number of hydrogen-bond acceptors (Lipinski definition) is 1. The Bertz CT molecular complexity index is 1010. The van der Waals surface area contributed by atoms with Crippen molar-refractivity contribution in [3.8, 4) is 0 Å². The van der Waals surface area contributed by atoms with Gasteiger partial charge in [0, 0.05) is 0 Å². The first-order valence-electron chi connectivity index (χ1n) is 12.7. The molecular weight excluding hydrogens is 404 g/mol. The predicted molar refractivity (Wildman–Crippen MR) is 141 cm³/mol. The van der Waals surface area contributed by atoms with E-state index in [0.717, 1.165) is 12.0 Å². The highest BCUT2D eigenvalue weighted by Gasteiger charge is 2.37. The molecule has 0 aliphatic heterocycles. The number of aromatic carboxylic acids is 1. The van der Waals surface area contributed by atoms with Crippen LogP contribution in [-0.4, -0.2) is 11.1 Å². The molecule has 2 aromatic rings. The van der Waals surface area contributed by atoms with E-state index in [4.69, 9.17) is 0 Å². The Kier molecular flexibility index (Phi) is 7.88. The Morgan fingerprint density at radius 1 is 0.909 bits per heavy atom. The fourth-order valence-corrected chi connectivity index (χ4v) is 5.20. The number of aryl methyl sites for hydroxylation is 1. The third kappa shape index (κ3) is 5.96. The maximum absolute atomic E-state index is 11.2. The van der Waals surface area contributed by atoms with E-state index in [2.05, 4.69) is 59.8 Å². The molecule has 1 aliphatic rings. The van der Waals surface area contributed by atoms with Gasteiger partial charge in [-0.25, -0.2) is 4.79 Å². The molecule has 0 unspecified atom stereocenters. The van der Waals surface area contributed by atoms with E-state index < -0.39 is 5.97 Å². The second kappa shape index (κ2) is 10.3. The van der Waals surface area contributed by atoms with Gasteiger partial charge in [0.15, 0.2) is 0 Å². The van der Waals surface area contributed by atoms with Crippen LogP contribution in [0.3, 0.4) is 0 Å². The Morgan fingerprint density at radius 3 is 2.06 bits per heavy atom. The molecule has 2 aromatic carbocycles. The van der Waals surface area contributed by atoms with E-state index >= 15 is 0 Å². The first-order chi connectivity index (χ1) is 15.5. The first kappa shape index (κ1) is 25.3. The molecule has 0 heterocycles. The van der Waals surface area contributed by atoms with Crippen molar-refractivity contribution >= 4 is 17.6 Å². The van der Waals surface area contributed by atoms with E-state index in [1.54, 1.807) is 12.1 Å². The average Bonchev–Trinajstić information content (AvgIpc) is 2.77. The maximum atomic E-state index is 11.2. The molecule has 0 amide bonds. The van der Waals surface area contributed by atoms with Crippen LogP contribution < -0.4 is 0 Å². The Hall–Kier alpha value is -2.35. The first-order valence-corrected chi connectivity index (χ1v) is 12.7. The van der Waals surface area contributed by atoms with Crippen LogP contribution in [0.4, 0.5) is 0 Å². The molecule has 0 spiro atoms. The van der Waals surface area contributed by atoms with Crippen LogP contribution in [0.2, 0.25) is 0 Å². The number of carbonyl (C=O) groups is 1. The zero-order valence-electron chi connectivity index (χ0n) is 21.6. The van der Waals surface area contributed by atoms with E-state index in [1.807, 2.05) is 12.1 Å². The summed E-state index contributed by atoms with van der Waals surface area (Å²) in [6.45, 7) is 14.0. The van der Waals surface area contributed by atoms with Crippen molar-refractivity contribution in [2.75, 3.05) is 0 Å². The zero-order chi connectivity index (χ0) is 24.2. The van der Waals surface area contributed by atoms with E-state index in [-0.39, 0.29) is 10.8 Å². The third-order valence-corrected chi connectivity index (χ3v) is 7.59. The molecule has 0 aromatic heterocycles. The van der Waals surface area contributed by atoms with Gasteiger partial charge < -0.3 is 5.11 Å². The Labute approximate surface area is 201 Å². The van der Waals surface area contributed by atoms with Gasteiger partial charge in [0.1, 0.15) is 0 Å². The van der Waals surface area contributed by atoms with E-state index in [1.165, 1.54) is 72.8 Å². The highest BCUT2D eigenvalue weighted by Crippen LogP contribution is 2.47. The van der Waals surface area contributed by atoms with Crippen molar-refractivity contribution in [2.24, 2.45) is 0 Å². The van der Waals surface area contributed by atoms with Crippen molar-refractivity contribution in [1.29, 1.82) is 0 Å². The van der Waals surface area contributed by atoms with Crippen molar-refractivity contribution in [3.05, 3.63) is 69.8 Å². The van der Waals surface area contributed by atoms with Gasteiger partial charge in [-0.05, 0) is 89.0 Å². The number of fused-ring (bicyclic) bond motifs is 1. The topological polar surface area (TPSA) is 37.3 Å². The fourth-order valence-electron chi connectivity index (χ4n) is 5.20. The molecule has 2 heteroatoms. The highest BCUT2D eigenvalue weighted by molar-refractivity contribution is 5.88. The number of carboxylic acid groups (broad SMARTS) is 1. The second-order valence-electron chi connectivity index (χ2n) is 11.2. The molecule has 178 valence electrons. The summed E-state index contributed by atoms with van der Waals surface area (Å²) in [5, 5.41) is 9.20. The summed E-state index contributed by atoms with van der Waals surface area (Å²) in [6.07, 6.45) is 12.2. The van der Waals surface area contributed by atoms with E-state index in [0.29, 0.717) is 5.56 Å². The molecule has 2 nitrogen and oxygen atoms in total. The zero-order valence-corrected chi connectivity index (χ0v) is 21.6. The molecule has 33 heavy (non-hydrogen) atoms. The normalized spacial score (nSPS) is 17.0. The number of unbranched alkanes of at least 4 members (excludes halogenated alkanes) is 4. The third-order valence-electron chi connectivity index (χ3n) is 7.59. The van der Waals surface area contributed by atoms with Gasteiger partial charge in [0.2, 0.25) is 0 Å². The summed E-state index contributed by atoms with van der Waals surface area (Å²) in [5.41, 5.74) is 8.88. The molecule has 0 atom stereocenters. The summed E-state index contributed by atoms with van der Waals surface area (Å²) in [6, 6.07) is 12.2. The molecule has 0 saturated carbocycles. The summed E-state index contributed by atoms with van der Waals surface area (Å²) in [4.78, 5) is 11.2. The van der Waals surface area contributed by atoms with Gasteiger partial charge in [-0.15, -0.1) is 0 Å². The lowest BCUT2D eigenvalue weighted by atomic mass is 9.62. The monoisotopic (exact) mass is 446 g/mol. The highest BCUT2D eigenvalue weighted by atomic mass is 16.4. The quantitative estimate of drug-likeness (QED) is 0.308. The molecule has 1 N–H and O–H groups in total. The van der Waals surface area contributed by atoms with E-state index in [9.17, 15) is 9.90 Å². The molecule has 1 aliphatic carbocycles. The number of rotatable bonds is 9. The van der Waals surface area contributed by atoms with Crippen LogP contribution in [0.15, 0.2) is 36.4 Å². The van der Waals surface area contributed by atoms with Crippen molar-refractivity contribution < 1.29 is 9.90 Å². The van der Waals surface area contributed by atoms with Crippen LogP contribution in [0.25, 0.3) is 11.6 Å². The standard InChI is InChI=1S/C31H42O2/c1-7-8-9-10-11-12-25-20-27-28(31(5,6)18-17-30(27,3)4)21-26(25)22(2)19-23-13-15-24(16-14-23)29(32)33/h13-16,19-21H,7-12,17-18H2,1-6H3,(H,32,33). The molecule has 0 bridgehead atoms. The van der Waals surface area contributed by atoms with Crippen LogP contribution in [0.1, 0.15) is 125 Å². The number of benzene rings is 2. The summed E-state index contributed by atoms with van der Waals surface area (Å²) in [5.74, 6) is -0.882. The average molecular weight is 447 g/mol. The molecule has 3 rings (SSSR count). The molecule has 0 saturated heterocycles. The van der Waals surface area contributed by atoms with Gasteiger partial charge in [-0.3, -0.25) is 0 Å². The minimum absolute atomic E-state index is 0.183. The van der Waals surface area contributed by atoms with Gasteiger partial charge in [-0.2, -0.15) is 0 Å². The minimum atomic E-state index is -0.882. The van der Waals surface area contributed by atoms with Gasteiger partial charge in [0.05, 0.1) is 5.56 Å². The molecule has 0 radical (unpaired) electrons. The summed E-state index contributed by atoms with van der Waals surface area (Å²) in [7, 11) is 0. The van der Waals surface area contributed by atoms with Crippen LogP contribution in [0, 0.1) is 0 Å². The van der Waals surface area contributed by atoms with Crippen molar-refractivity contribution in [2.45, 2.75) is 104 Å². The largest absolute Gasteiger partial charge is 0.478 e. The van der Waals surface area contributed by atoms with Crippen LogP contribution in [0.5, 0.6) is 0 Å². The van der Waals surface area contributed by atoms with Crippen LogP contribution >= 0.6 is 0 Å². The number of carboxylic acids is 1. The number of allylic oxidation sites excluding steroid dienone is 1. The molecular formula is C31H42O2. The molecule has 0 fully saturated rings. The lowest BCUT2D eigenvalue weighted by Crippen LogP contribution is -2.34. The van der Waals surface area contributed by atoms with Crippen molar-refractivity contribution in [1.82, 2.24) is 0 Å². The SMILES string of the molecule is CCCCCCCc1cc2c(cc1C(C)=Cc1ccc(C(=O)O)cc1)C(C)(C)CCC2(C)C. The minimum Gasteiger partial charge on any atom is -0.478 e. The van der Waals surface area contributed by atoms with Gasteiger partial charge in [-0.1, -0.05) is 90.6 Å². The summed E-state index contributed by atoms with van der Waals surface area (Å²) < 4.78 is 0.